The summed E-state index contributed by atoms with van der Waals surface area (Å²) in [5.41, 5.74) is 1.34. The minimum Gasteiger partial charge on any atom is -0.357 e. The van der Waals surface area contributed by atoms with Gasteiger partial charge in [-0.15, -0.1) is 0 Å². The summed E-state index contributed by atoms with van der Waals surface area (Å²) in [6.07, 6.45) is 1.68. The molecule has 160 valence electrons. The van der Waals surface area contributed by atoms with E-state index in [0.29, 0.717) is 24.9 Å². The summed E-state index contributed by atoms with van der Waals surface area (Å²) in [6, 6.07) is 11.0. The summed E-state index contributed by atoms with van der Waals surface area (Å²) < 4.78 is 5.29. The molecule has 2 rings (SSSR count). The third kappa shape index (κ3) is 8.23. The molecule has 0 spiro atoms. The second-order valence-electron chi connectivity index (χ2n) is 7.68. The largest absolute Gasteiger partial charge is 0.357 e. The van der Waals surface area contributed by atoms with Crippen LogP contribution >= 0.6 is 0 Å². The molecule has 1 aromatic carbocycles. The van der Waals surface area contributed by atoms with Crippen molar-refractivity contribution in [3.8, 4) is 0 Å². The Bertz CT molecular complexity index is 728. The first-order valence-corrected chi connectivity index (χ1v) is 10.6. The highest BCUT2D eigenvalue weighted by Gasteiger charge is 2.11. The van der Waals surface area contributed by atoms with E-state index in [2.05, 4.69) is 90.7 Å². The highest BCUT2D eigenvalue weighted by atomic mass is 16.5. The molecular formula is C22H36N6O. The average Bonchev–Trinajstić information content (AvgIpc) is 3.18. The van der Waals surface area contributed by atoms with Crippen LogP contribution in [0.3, 0.4) is 0 Å². The van der Waals surface area contributed by atoms with Gasteiger partial charge in [0.2, 0.25) is 5.89 Å². The summed E-state index contributed by atoms with van der Waals surface area (Å²) in [5.74, 6) is 2.53. The molecule has 0 fully saturated rings. The molecule has 1 heterocycles. The fourth-order valence-electron chi connectivity index (χ4n) is 2.84. The zero-order chi connectivity index (χ0) is 21.1. The summed E-state index contributed by atoms with van der Waals surface area (Å²) in [4.78, 5) is 11.5. The molecule has 0 amide bonds. The van der Waals surface area contributed by atoms with Crippen molar-refractivity contribution < 1.29 is 4.52 Å². The zero-order valence-corrected chi connectivity index (χ0v) is 18.5. The standard InChI is InChI=1S/C22H36N6O/c1-6-23-22(25-15-13-20-26-21(17(2)3)27-29-20)24-14-12-18(4)28(5)16-19-10-8-7-9-11-19/h7-11,17-18H,6,12-16H2,1-5H3,(H2,23,24,25). The maximum Gasteiger partial charge on any atom is 0.228 e. The first kappa shape index (κ1) is 22.9. The first-order valence-electron chi connectivity index (χ1n) is 10.6. The van der Waals surface area contributed by atoms with Gasteiger partial charge in [-0.2, -0.15) is 4.98 Å². The van der Waals surface area contributed by atoms with E-state index in [1.165, 1.54) is 5.56 Å². The Kier molecular flexibility index (Phi) is 9.64. The van der Waals surface area contributed by atoms with Crippen LogP contribution in [0.2, 0.25) is 0 Å². The van der Waals surface area contributed by atoms with Gasteiger partial charge in [-0.05, 0) is 32.9 Å². The second-order valence-corrected chi connectivity index (χ2v) is 7.68. The lowest BCUT2D eigenvalue weighted by molar-refractivity contribution is 0.240. The summed E-state index contributed by atoms with van der Waals surface area (Å²) in [7, 11) is 2.17. The van der Waals surface area contributed by atoms with Gasteiger partial charge in [-0.1, -0.05) is 49.3 Å². The molecule has 1 unspecified atom stereocenters. The van der Waals surface area contributed by atoms with Gasteiger partial charge >= 0.3 is 0 Å². The predicted octanol–water partition coefficient (Wildman–Crippen LogP) is 3.20. The Morgan fingerprint density at radius 2 is 1.93 bits per heavy atom. The Balaban J connectivity index is 1.75. The topological polar surface area (TPSA) is 78.6 Å². The number of rotatable bonds is 11. The third-order valence-electron chi connectivity index (χ3n) is 4.82. The number of aromatic nitrogens is 2. The number of hydrogen-bond acceptors (Lipinski definition) is 5. The monoisotopic (exact) mass is 400 g/mol. The Labute approximate surface area is 175 Å². The molecule has 0 radical (unpaired) electrons. The number of benzene rings is 1. The molecule has 7 nitrogen and oxygen atoms in total. The third-order valence-corrected chi connectivity index (χ3v) is 4.82. The van der Waals surface area contributed by atoms with Gasteiger partial charge in [0.25, 0.3) is 0 Å². The van der Waals surface area contributed by atoms with E-state index in [0.717, 1.165) is 37.8 Å². The SMILES string of the molecule is CCNC(=NCCC(C)N(C)Cc1ccccc1)NCCc1nc(C(C)C)no1. The molecule has 1 atom stereocenters. The number of hydrogen-bond donors (Lipinski definition) is 2. The van der Waals surface area contributed by atoms with E-state index in [1.807, 2.05) is 0 Å². The molecule has 1 aromatic heterocycles. The molecule has 2 aromatic rings. The van der Waals surface area contributed by atoms with Gasteiger partial charge in [-0.3, -0.25) is 9.89 Å². The summed E-state index contributed by atoms with van der Waals surface area (Å²) in [6.45, 7) is 11.7. The smallest absolute Gasteiger partial charge is 0.228 e. The van der Waals surface area contributed by atoms with Crippen LogP contribution in [0.1, 0.15) is 57.3 Å². The minimum absolute atomic E-state index is 0.279. The maximum absolute atomic E-state index is 5.29. The van der Waals surface area contributed by atoms with E-state index < -0.39 is 0 Å². The van der Waals surface area contributed by atoms with Crippen molar-refractivity contribution in [2.75, 3.05) is 26.7 Å². The van der Waals surface area contributed by atoms with E-state index in [1.54, 1.807) is 0 Å². The van der Waals surface area contributed by atoms with Crippen molar-refractivity contribution in [3.63, 3.8) is 0 Å². The molecular weight excluding hydrogens is 364 g/mol. The van der Waals surface area contributed by atoms with Crippen LogP contribution in [0.15, 0.2) is 39.8 Å². The van der Waals surface area contributed by atoms with Crippen LogP contribution in [-0.4, -0.2) is 53.7 Å². The molecule has 0 saturated heterocycles. The summed E-state index contributed by atoms with van der Waals surface area (Å²) in [5, 5.41) is 10.6. The van der Waals surface area contributed by atoms with Gasteiger partial charge in [0.1, 0.15) is 0 Å². The predicted molar refractivity (Wildman–Crippen MR) is 118 cm³/mol. The van der Waals surface area contributed by atoms with E-state index in [4.69, 9.17) is 9.52 Å². The zero-order valence-electron chi connectivity index (χ0n) is 18.5. The lowest BCUT2D eigenvalue weighted by Gasteiger charge is -2.24. The first-order chi connectivity index (χ1) is 14.0. The lowest BCUT2D eigenvalue weighted by atomic mass is 10.1. The molecule has 0 aliphatic carbocycles. The normalized spacial score (nSPS) is 13.1. The van der Waals surface area contributed by atoms with E-state index in [9.17, 15) is 0 Å². The molecule has 0 saturated carbocycles. The van der Waals surface area contributed by atoms with Crippen molar-refractivity contribution in [3.05, 3.63) is 47.6 Å². The maximum atomic E-state index is 5.29. The molecule has 0 aliphatic rings. The van der Waals surface area contributed by atoms with Crippen LogP contribution < -0.4 is 10.6 Å². The molecule has 0 bridgehead atoms. The van der Waals surface area contributed by atoms with Gasteiger partial charge < -0.3 is 15.2 Å². The van der Waals surface area contributed by atoms with Gasteiger partial charge in [0, 0.05) is 44.6 Å². The van der Waals surface area contributed by atoms with Gasteiger partial charge in [-0.25, -0.2) is 0 Å². The highest BCUT2D eigenvalue weighted by Crippen LogP contribution is 2.10. The van der Waals surface area contributed by atoms with Gasteiger partial charge in [0.15, 0.2) is 11.8 Å². The number of guanidine groups is 1. The quantitative estimate of drug-likeness (QED) is 0.445. The lowest BCUT2D eigenvalue weighted by Crippen LogP contribution is -2.38. The van der Waals surface area contributed by atoms with E-state index >= 15 is 0 Å². The van der Waals surface area contributed by atoms with Crippen molar-refractivity contribution in [1.82, 2.24) is 25.7 Å². The average molecular weight is 401 g/mol. The Morgan fingerprint density at radius 1 is 1.17 bits per heavy atom. The van der Waals surface area contributed by atoms with Crippen molar-refractivity contribution in [1.29, 1.82) is 0 Å². The van der Waals surface area contributed by atoms with Crippen molar-refractivity contribution in [2.24, 2.45) is 4.99 Å². The number of aliphatic imine (C=N–C) groups is 1. The fraction of sp³-hybridized carbons (Fsp3) is 0.591. The second kappa shape index (κ2) is 12.2. The molecule has 29 heavy (non-hydrogen) atoms. The van der Waals surface area contributed by atoms with Gasteiger partial charge in [0.05, 0.1) is 0 Å². The minimum atomic E-state index is 0.279. The van der Waals surface area contributed by atoms with Crippen LogP contribution in [0.4, 0.5) is 0 Å². The number of nitrogens with zero attached hydrogens (tertiary/aromatic N) is 4. The van der Waals surface area contributed by atoms with Crippen molar-refractivity contribution >= 4 is 5.96 Å². The Morgan fingerprint density at radius 3 is 2.59 bits per heavy atom. The highest BCUT2D eigenvalue weighted by molar-refractivity contribution is 5.79. The van der Waals surface area contributed by atoms with Crippen LogP contribution in [0.5, 0.6) is 0 Å². The summed E-state index contributed by atoms with van der Waals surface area (Å²) >= 11 is 0. The fourth-order valence-corrected chi connectivity index (χ4v) is 2.84. The van der Waals surface area contributed by atoms with Crippen LogP contribution in [0.25, 0.3) is 0 Å². The molecule has 7 heteroatoms. The molecule has 0 aliphatic heterocycles. The molecule has 2 N–H and O–H groups in total. The van der Waals surface area contributed by atoms with Crippen molar-refractivity contribution in [2.45, 2.75) is 59.0 Å². The number of nitrogens with one attached hydrogen (secondary N) is 2. The van der Waals surface area contributed by atoms with Crippen LogP contribution in [0, 0.1) is 0 Å². The van der Waals surface area contributed by atoms with Crippen LogP contribution in [-0.2, 0) is 13.0 Å². The Hall–Kier alpha value is -2.41. The van der Waals surface area contributed by atoms with E-state index in [-0.39, 0.29) is 5.92 Å².